The molecule has 0 aromatic rings. The number of hydrogen-bond acceptors (Lipinski definition) is 1. The smallest absolute Gasteiger partial charge is 0.415 e. The van der Waals surface area contributed by atoms with Crippen LogP contribution in [0.15, 0.2) is 12.4 Å². The molecule has 1 heterocycles. The summed E-state index contributed by atoms with van der Waals surface area (Å²) in [5.74, 6) is 0. The van der Waals surface area contributed by atoms with Crippen molar-refractivity contribution in [3.8, 4) is 0 Å². The minimum absolute atomic E-state index is 0.907. The first-order valence-electron chi connectivity index (χ1n) is 1.50. The highest BCUT2D eigenvalue weighted by atomic mass is 16.4. The van der Waals surface area contributed by atoms with Crippen molar-refractivity contribution in [2.45, 2.75) is 0 Å². The lowest BCUT2D eigenvalue weighted by Gasteiger charge is -1.84. The standard InChI is InChI=1S/C3H3NO2/c5-3(6)4-1-2-4/h1-2H,(H,5,6). The van der Waals surface area contributed by atoms with E-state index in [2.05, 4.69) is 0 Å². The van der Waals surface area contributed by atoms with Gasteiger partial charge in [-0.3, -0.25) is 4.90 Å². The van der Waals surface area contributed by atoms with E-state index in [4.69, 9.17) is 5.11 Å². The van der Waals surface area contributed by atoms with Crippen molar-refractivity contribution in [1.29, 1.82) is 0 Å². The Morgan fingerprint density at radius 2 is 2.17 bits per heavy atom. The van der Waals surface area contributed by atoms with Gasteiger partial charge >= 0.3 is 6.09 Å². The lowest BCUT2D eigenvalue weighted by atomic mass is 11.1. The molecule has 0 atom stereocenters. The molecule has 1 rings (SSSR count). The van der Waals surface area contributed by atoms with Crippen molar-refractivity contribution in [2.24, 2.45) is 0 Å². The van der Waals surface area contributed by atoms with Crippen molar-refractivity contribution < 1.29 is 9.90 Å². The zero-order valence-electron chi connectivity index (χ0n) is 2.96. The molecule has 6 heavy (non-hydrogen) atoms. The van der Waals surface area contributed by atoms with E-state index < -0.39 is 6.09 Å². The van der Waals surface area contributed by atoms with Crippen LogP contribution >= 0.6 is 0 Å². The molecule has 1 aliphatic heterocycles. The Bertz CT molecular complexity index is 101. The third-order valence-electron chi connectivity index (χ3n) is 0.519. The lowest BCUT2D eigenvalue weighted by molar-refractivity contribution is 0.182. The first-order valence-corrected chi connectivity index (χ1v) is 1.50. The van der Waals surface area contributed by atoms with E-state index in [9.17, 15) is 4.79 Å². The van der Waals surface area contributed by atoms with Gasteiger partial charge in [0.15, 0.2) is 0 Å². The first kappa shape index (κ1) is 3.21. The maximum Gasteiger partial charge on any atom is 0.415 e. The average molecular weight is 85.1 g/mol. The molecule has 32 valence electrons. The molecule has 3 heteroatoms. The van der Waals surface area contributed by atoms with Crippen LogP contribution in [0.5, 0.6) is 0 Å². The Hall–Kier alpha value is -0.990. The van der Waals surface area contributed by atoms with Gasteiger partial charge in [-0.25, -0.2) is 4.79 Å². The second-order valence-electron chi connectivity index (χ2n) is 0.988. The van der Waals surface area contributed by atoms with E-state index >= 15 is 0 Å². The van der Waals surface area contributed by atoms with Gasteiger partial charge in [-0.15, -0.1) is 0 Å². The van der Waals surface area contributed by atoms with Gasteiger partial charge in [-0.1, -0.05) is 0 Å². The summed E-state index contributed by atoms with van der Waals surface area (Å²) in [4.78, 5) is 10.7. The highest BCUT2D eigenvalue weighted by Gasteiger charge is 2.11. The Labute approximate surface area is 34.5 Å². The van der Waals surface area contributed by atoms with Crippen LogP contribution in [0.25, 0.3) is 0 Å². The number of carbonyl (C=O) groups is 1. The third-order valence-corrected chi connectivity index (χ3v) is 0.519. The van der Waals surface area contributed by atoms with Gasteiger partial charge in [0.05, 0.1) is 0 Å². The molecule has 0 unspecified atom stereocenters. The molecule has 0 fully saturated rings. The molecule has 0 saturated carbocycles. The number of hydrogen-bond donors (Lipinski definition) is 1. The van der Waals surface area contributed by atoms with Crippen LogP contribution in [0, 0.1) is 0 Å². The molecule has 0 saturated heterocycles. The van der Waals surface area contributed by atoms with Crippen molar-refractivity contribution in [1.82, 2.24) is 4.90 Å². The highest BCUT2D eigenvalue weighted by Crippen LogP contribution is 2.03. The number of amides is 1. The predicted octanol–water partition coefficient (Wildman–Crippen LogP) is 0.451. The van der Waals surface area contributed by atoms with Crippen molar-refractivity contribution >= 4 is 6.09 Å². The maximum absolute atomic E-state index is 9.62. The molecule has 0 radical (unpaired) electrons. The summed E-state index contributed by atoms with van der Waals surface area (Å²) in [5.41, 5.74) is 0. The SMILES string of the molecule is O=C(O)N1C=C1. The summed E-state index contributed by atoms with van der Waals surface area (Å²) < 4.78 is 0. The van der Waals surface area contributed by atoms with Crippen LogP contribution < -0.4 is 0 Å². The summed E-state index contributed by atoms with van der Waals surface area (Å²) in [6.45, 7) is 0. The normalized spacial score (nSPS) is 15.0. The molecule has 0 aromatic carbocycles. The fourth-order valence-corrected chi connectivity index (χ4v) is 0.161. The van der Waals surface area contributed by atoms with E-state index in [-0.39, 0.29) is 0 Å². The number of rotatable bonds is 0. The summed E-state index contributed by atoms with van der Waals surface area (Å²) in [7, 11) is 0. The Morgan fingerprint density at radius 3 is 2.17 bits per heavy atom. The minimum atomic E-state index is -0.907. The van der Waals surface area contributed by atoms with E-state index in [1.807, 2.05) is 0 Å². The van der Waals surface area contributed by atoms with Gasteiger partial charge in [0, 0.05) is 12.4 Å². The second kappa shape index (κ2) is 0.739. The Balaban J connectivity index is 2.35. The minimum Gasteiger partial charge on any atom is -0.464 e. The third kappa shape index (κ3) is 0.337. The Morgan fingerprint density at radius 1 is 1.67 bits per heavy atom. The van der Waals surface area contributed by atoms with Gasteiger partial charge < -0.3 is 5.11 Å². The number of nitrogens with zero attached hydrogens (tertiary/aromatic N) is 1. The monoisotopic (exact) mass is 85.0 g/mol. The average Bonchev–Trinajstić information content (AvgIpc) is 2.06. The highest BCUT2D eigenvalue weighted by molar-refractivity contribution is 5.70. The molecule has 0 aromatic heterocycles. The van der Waals surface area contributed by atoms with Crippen LogP contribution in [0.4, 0.5) is 4.79 Å². The molecule has 0 aliphatic carbocycles. The van der Waals surface area contributed by atoms with Crippen molar-refractivity contribution in [3.05, 3.63) is 12.4 Å². The lowest BCUT2D eigenvalue weighted by Crippen LogP contribution is -2.03. The van der Waals surface area contributed by atoms with Gasteiger partial charge in [0.2, 0.25) is 0 Å². The molecular weight excluding hydrogens is 82.0 g/mol. The zero-order valence-corrected chi connectivity index (χ0v) is 2.96. The summed E-state index contributed by atoms with van der Waals surface area (Å²) in [6.07, 6.45) is 2.04. The van der Waals surface area contributed by atoms with Crippen molar-refractivity contribution in [3.63, 3.8) is 0 Å². The van der Waals surface area contributed by atoms with Gasteiger partial charge in [-0.2, -0.15) is 0 Å². The fraction of sp³-hybridized carbons (Fsp3) is 0. The first-order chi connectivity index (χ1) is 2.80. The largest absolute Gasteiger partial charge is 0.464 e. The zero-order chi connectivity index (χ0) is 4.57. The predicted molar refractivity (Wildman–Crippen MR) is 19.0 cm³/mol. The summed E-state index contributed by atoms with van der Waals surface area (Å²) in [5, 5.41) is 7.92. The molecule has 1 aliphatic rings. The van der Waals surface area contributed by atoms with E-state index in [0.717, 1.165) is 4.90 Å². The van der Waals surface area contributed by atoms with Gasteiger partial charge in [0.1, 0.15) is 0 Å². The Kier molecular flexibility index (Phi) is 0.395. The summed E-state index contributed by atoms with van der Waals surface area (Å²) in [6, 6.07) is 0. The van der Waals surface area contributed by atoms with E-state index in [1.165, 1.54) is 12.4 Å². The van der Waals surface area contributed by atoms with Crippen LogP contribution in [0.2, 0.25) is 0 Å². The van der Waals surface area contributed by atoms with E-state index in [0.29, 0.717) is 0 Å². The van der Waals surface area contributed by atoms with Crippen LogP contribution in [-0.2, 0) is 0 Å². The van der Waals surface area contributed by atoms with Crippen LogP contribution in [-0.4, -0.2) is 16.1 Å². The van der Waals surface area contributed by atoms with Gasteiger partial charge in [-0.05, 0) is 0 Å². The number of carboxylic acid groups (broad SMARTS) is 1. The van der Waals surface area contributed by atoms with E-state index in [1.54, 1.807) is 0 Å². The molecule has 1 amide bonds. The van der Waals surface area contributed by atoms with Gasteiger partial charge in [0.25, 0.3) is 0 Å². The second-order valence-corrected chi connectivity index (χ2v) is 0.988. The van der Waals surface area contributed by atoms with Crippen molar-refractivity contribution in [2.75, 3.05) is 0 Å². The quantitative estimate of drug-likeness (QED) is 0.464. The maximum atomic E-state index is 9.62. The molecular formula is C3H3NO2. The molecule has 1 N–H and O–H groups in total. The topological polar surface area (TPSA) is 40.3 Å². The molecule has 0 spiro atoms. The molecule has 3 nitrogen and oxygen atoms in total. The summed E-state index contributed by atoms with van der Waals surface area (Å²) >= 11 is 0. The fourth-order valence-electron chi connectivity index (χ4n) is 0.161. The van der Waals surface area contributed by atoms with Crippen LogP contribution in [0.3, 0.4) is 0 Å². The van der Waals surface area contributed by atoms with Crippen LogP contribution in [0.1, 0.15) is 0 Å². The molecule has 0 bridgehead atoms.